The Morgan fingerprint density at radius 3 is 2.62 bits per heavy atom. The summed E-state index contributed by atoms with van der Waals surface area (Å²) in [4.78, 5) is 28.9. The highest BCUT2D eigenvalue weighted by Crippen LogP contribution is 2.39. The summed E-state index contributed by atoms with van der Waals surface area (Å²) in [6, 6.07) is 16.5. The lowest BCUT2D eigenvalue weighted by Crippen LogP contribution is -2.19. The maximum absolute atomic E-state index is 12.8. The summed E-state index contributed by atoms with van der Waals surface area (Å²) in [6.07, 6.45) is 2.33. The lowest BCUT2D eigenvalue weighted by Gasteiger charge is -2.13. The van der Waals surface area contributed by atoms with Crippen LogP contribution in [0.1, 0.15) is 42.9 Å². The van der Waals surface area contributed by atoms with E-state index in [0.29, 0.717) is 17.1 Å². The van der Waals surface area contributed by atoms with Crippen molar-refractivity contribution in [2.24, 2.45) is 0 Å². The number of H-pyrrole nitrogens is 2. The van der Waals surface area contributed by atoms with Crippen molar-refractivity contribution in [3.8, 4) is 17.0 Å². The summed E-state index contributed by atoms with van der Waals surface area (Å²) in [7, 11) is 1.62. The molecule has 1 saturated carbocycles. The molecule has 3 N–H and O–H groups in total. The van der Waals surface area contributed by atoms with Gasteiger partial charge in [0.1, 0.15) is 5.75 Å². The van der Waals surface area contributed by atoms with Crippen molar-refractivity contribution in [3.05, 3.63) is 76.1 Å². The van der Waals surface area contributed by atoms with Crippen LogP contribution in [0, 0.1) is 0 Å². The Labute approximate surface area is 184 Å². The molecule has 7 nitrogen and oxygen atoms in total. The second-order valence-electron chi connectivity index (χ2n) is 8.27. The normalized spacial score (nSPS) is 14.3. The molecule has 1 amide bonds. The number of methoxy groups -OCH3 is 1. The molecule has 5 rings (SSSR count). The SMILES string of the molecule is COc1ccc(-c2cc(=O)c3cc(C(C)C(=O)Nc4cc(C5CC5)[nH]n4)ccc3[nH]2)cc1. The number of ether oxygens (including phenoxy) is 1. The van der Waals surface area contributed by atoms with E-state index in [1.54, 1.807) is 19.2 Å². The number of fused-ring (bicyclic) bond motifs is 1. The van der Waals surface area contributed by atoms with Gasteiger partial charge in [0.2, 0.25) is 5.91 Å². The zero-order chi connectivity index (χ0) is 22.2. The van der Waals surface area contributed by atoms with E-state index in [4.69, 9.17) is 4.74 Å². The van der Waals surface area contributed by atoms with Gasteiger partial charge in [-0.1, -0.05) is 6.07 Å². The number of aromatic amines is 2. The molecule has 0 radical (unpaired) electrons. The van der Waals surface area contributed by atoms with E-state index < -0.39 is 5.92 Å². The van der Waals surface area contributed by atoms with Crippen LogP contribution in [0.4, 0.5) is 5.82 Å². The molecule has 0 aliphatic heterocycles. The molecule has 2 heterocycles. The number of amides is 1. The van der Waals surface area contributed by atoms with Crippen molar-refractivity contribution in [1.82, 2.24) is 15.2 Å². The van der Waals surface area contributed by atoms with Crippen LogP contribution in [-0.4, -0.2) is 28.2 Å². The maximum Gasteiger partial charge on any atom is 0.232 e. The zero-order valence-electron chi connectivity index (χ0n) is 17.9. The number of hydrogen-bond acceptors (Lipinski definition) is 4. The average Bonchev–Trinajstić information content (AvgIpc) is 3.57. The molecule has 162 valence electrons. The summed E-state index contributed by atoms with van der Waals surface area (Å²) < 4.78 is 5.20. The first-order valence-corrected chi connectivity index (χ1v) is 10.7. The number of nitrogens with zero attached hydrogens (tertiary/aromatic N) is 1. The average molecular weight is 428 g/mol. The van der Waals surface area contributed by atoms with Gasteiger partial charge in [-0.05, 0) is 67.3 Å². The van der Waals surface area contributed by atoms with Crippen LogP contribution < -0.4 is 15.5 Å². The number of nitrogens with one attached hydrogen (secondary N) is 3. The second kappa shape index (κ2) is 8.00. The molecule has 1 aliphatic rings. The Morgan fingerprint density at radius 1 is 1.12 bits per heavy atom. The van der Waals surface area contributed by atoms with Crippen LogP contribution in [0.2, 0.25) is 0 Å². The minimum absolute atomic E-state index is 0.0968. The zero-order valence-corrected chi connectivity index (χ0v) is 17.9. The summed E-state index contributed by atoms with van der Waals surface area (Å²) in [5, 5.41) is 10.6. The molecule has 32 heavy (non-hydrogen) atoms. The van der Waals surface area contributed by atoms with Gasteiger partial charge >= 0.3 is 0 Å². The number of anilines is 1. The highest BCUT2D eigenvalue weighted by atomic mass is 16.5. The van der Waals surface area contributed by atoms with Gasteiger partial charge in [-0.15, -0.1) is 0 Å². The third-order valence-electron chi connectivity index (χ3n) is 6.01. The van der Waals surface area contributed by atoms with E-state index in [0.717, 1.165) is 46.6 Å². The van der Waals surface area contributed by atoms with Gasteiger partial charge in [-0.3, -0.25) is 14.7 Å². The topological polar surface area (TPSA) is 99.9 Å². The lowest BCUT2D eigenvalue weighted by molar-refractivity contribution is -0.117. The van der Waals surface area contributed by atoms with Crippen LogP contribution in [0.5, 0.6) is 5.75 Å². The van der Waals surface area contributed by atoms with E-state index in [1.165, 1.54) is 0 Å². The predicted octanol–water partition coefficient (Wildman–Crippen LogP) is 4.55. The van der Waals surface area contributed by atoms with Crippen LogP contribution >= 0.6 is 0 Å². The van der Waals surface area contributed by atoms with E-state index in [-0.39, 0.29) is 11.3 Å². The first-order valence-electron chi connectivity index (χ1n) is 10.7. The van der Waals surface area contributed by atoms with Crippen molar-refractivity contribution in [1.29, 1.82) is 0 Å². The molecule has 0 bridgehead atoms. The molecule has 1 fully saturated rings. The first kappa shape index (κ1) is 20.1. The Bertz CT molecular complexity index is 1350. The maximum atomic E-state index is 12.8. The number of aromatic nitrogens is 3. The van der Waals surface area contributed by atoms with Crippen molar-refractivity contribution in [2.45, 2.75) is 31.6 Å². The van der Waals surface area contributed by atoms with E-state index in [2.05, 4.69) is 20.5 Å². The molecule has 2 aromatic carbocycles. The number of rotatable bonds is 6. The Balaban J connectivity index is 1.38. The quantitative estimate of drug-likeness (QED) is 0.420. The molecular formula is C25H24N4O3. The molecule has 1 unspecified atom stereocenters. The Kier molecular flexibility index (Phi) is 5.01. The summed E-state index contributed by atoms with van der Waals surface area (Å²) >= 11 is 0. The van der Waals surface area contributed by atoms with E-state index in [9.17, 15) is 9.59 Å². The third kappa shape index (κ3) is 3.89. The van der Waals surface area contributed by atoms with Gasteiger partial charge < -0.3 is 15.0 Å². The predicted molar refractivity (Wildman–Crippen MR) is 124 cm³/mol. The molecule has 0 spiro atoms. The molecule has 4 aromatic rings. The van der Waals surface area contributed by atoms with E-state index in [1.807, 2.05) is 49.4 Å². The fourth-order valence-corrected chi connectivity index (χ4v) is 3.85. The largest absolute Gasteiger partial charge is 0.497 e. The lowest BCUT2D eigenvalue weighted by atomic mass is 9.98. The van der Waals surface area contributed by atoms with Crippen molar-refractivity contribution >= 4 is 22.6 Å². The molecular weight excluding hydrogens is 404 g/mol. The minimum atomic E-state index is -0.430. The van der Waals surface area contributed by atoms with Gasteiger partial charge in [0, 0.05) is 40.3 Å². The fraction of sp³-hybridized carbons (Fsp3) is 0.240. The van der Waals surface area contributed by atoms with Crippen LogP contribution in [0.3, 0.4) is 0 Å². The molecule has 1 atom stereocenters. The van der Waals surface area contributed by atoms with Crippen LogP contribution in [-0.2, 0) is 4.79 Å². The standard InChI is InChI=1S/C25H24N4O3/c1-14(25(31)27-24-13-22(28-29-24)16-3-4-16)17-7-10-20-19(11-17)23(30)12-21(26-20)15-5-8-18(32-2)9-6-15/h5-14,16H,3-4H2,1-2H3,(H,26,30)(H2,27,28,29,31). The van der Waals surface area contributed by atoms with Crippen LogP contribution in [0.25, 0.3) is 22.2 Å². The summed E-state index contributed by atoms with van der Waals surface area (Å²) in [5.74, 6) is 1.24. The number of benzene rings is 2. The number of carbonyl (C=O) groups excluding carboxylic acids is 1. The van der Waals surface area contributed by atoms with Crippen molar-refractivity contribution in [3.63, 3.8) is 0 Å². The number of carbonyl (C=O) groups is 1. The Hall–Kier alpha value is -3.87. The second-order valence-corrected chi connectivity index (χ2v) is 8.27. The van der Waals surface area contributed by atoms with Crippen molar-refractivity contribution < 1.29 is 9.53 Å². The number of hydrogen-bond donors (Lipinski definition) is 3. The summed E-state index contributed by atoms with van der Waals surface area (Å²) in [5.41, 5.74) is 4.09. The van der Waals surface area contributed by atoms with Gasteiger partial charge in [-0.2, -0.15) is 5.10 Å². The van der Waals surface area contributed by atoms with Gasteiger partial charge in [0.15, 0.2) is 11.2 Å². The third-order valence-corrected chi connectivity index (χ3v) is 6.01. The highest BCUT2D eigenvalue weighted by molar-refractivity contribution is 5.95. The highest BCUT2D eigenvalue weighted by Gasteiger charge is 2.26. The monoisotopic (exact) mass is 428 g/mol. The smallest absolute Gasteiger partial charge is 0.232 e. The molecule has 1 aliphatic carbocycles. The minimum Gasteiger partial charge on any atom is -0.497 e. The van der Waals surface area contributed by atoms with Gasteiger partial charge in [-0.25, -0.2) is 0 Å². The van der Waals surface area contributed by atoms with Gasteiger partial charge in [0.05, 0.1) is 13.0 Å². The van der Waals surface area contributed by atoms with E-state index >= 15 is 0 Å². The Morgan fingerprint density at radius 2 is 1.91 bits per heavy atom. The first-order chi connectivity index (χ1) is 15.5. The fourth-order valence-electron chi connectivity index (χ4n) is 3.85. The molecule has 0 saturated heterocycles. The molecule has 7 heteroatoms. The van der Waals surface area contributed by atoms with Crippen molar-refractivity contribution in [2.75, 3.05) is 12.4 Å². The molecule has 2 aromatic heterocycles. The number of pyridine rings is 1. The van der Waals surface area contributed by atoms with Gasteiger partial charge in [0.25, 0.3) is 0 Å². The summed E-state index contributed by atoms with van der Waals surface area (Å²) in [6.45, 7) is 1.82. The van der Waals surface area contributed by atoms with Crippen LogP contribution in [0.15, 0.2) is 59.4 Å².